The van der Waals surface area contributed by atoms with Crippen LogP contribution in [0.4, 0.5) is 0 Å². The molecule has 2 nitrogen and oxygen atoms in total. The van der Waals surface area contributed by atoms with E-state index in [4.69, 9.17) is 11.6 Å². The van der Waals surface area contributed by atoms with E-state index in [9.17, 15) is 0 Å². The SMILES string of the molecule is CC.Cc1ncc(C)c(Cl)n1. The number of rotatable bonds is 0. The third-order valence-electron chi connectivity index (χ3n) is 1.03. The molecule has 0 aliphatic rings. The van der Waals surface area contributed by atoms with Gasteiger partial charge in [-0.05, 0) is 13.8 Å². The van der Waals surface area contributed by atoms with Gasteiger partial charge in [0.2, 0.25) is 0 Å². The Kier molecular flexibility index (Phi) is 4.79. The lowest BCUT2D eigenvalue weighted by Gasteiger charge is -1.94. The molecule has 0 bridgehead atoms. The smallest absolute Gasteiger partial charge is 0.135 e. The van der Waals surface area contributed by atoms with Gasteiger partial charge in [-0.1, -0.05) is 25.4 Å². The van der Waals surface area contributed by atoms with E-state index in [1.165, 1.54) is 0 Å². The molecule has 62 valence electrons. The quantitative estimate of drug-likeness (QED) is 0.563. The van der Waals surface area contributed by atoms with Crippen LogP contribution in [0, 0.1) is 13.8 Å². The molecule has 0 aliphatic carbocycles. The van der Waals surface area contributed by atoms with E-state index in [0.717, 1.165) is 5.56 Å². The van der Waals surface area contributed by atoms with E-state index in [0.29, 0.717) is 11.0 Å². The molecule has 0 amide bonds. The number of aromatic nitrogens is 2. The average Bonchev–Trinajstić information content (AvgIpc) is 2.02. The van der Waals surface area contributed by atoms with E-state index in [2.05, 4.69) is 9.97 Å². The number of hydrogen-bond donors (Lipinski definition) is 0. The number of hydrogen-bond acceptors (Lipinski definition) is 2. The van der Waals surface area contributed by atoms with E-state index < -0.39 is 0 Å². The van der Waals surface area contributed by atoms with Gasteiger partial charge in [-0.3, -0.25) is 0 Å². The van der Waals surface area contributed by atoms with Crippen LogP contribution in [-0.4, -0.2) is 9.97 Å². The van der Waals surface area contributed by atoms with Gasteiger partial charge in [0.1, 0.15) is 11.0 Å². The van der Waals surface area contributed by atoms with Crippen LogP contribution in [-0.2, 0) is 0 Å². The Morgan fingerprint density at radius 2 is 1.82 bits per heavy atom. The normalized spacial score (nSPS) is 8.45. The minimum absolute atomic E-state index is 0.544. The van der Waals surface area contributed by atoms with Crippen molar-refractivity contribution in [2.45, 2.75) is 27.7 Å². The lowest BCUT2D eigenvalue weighted by atomic mass is 10.4. The van der Waals surface area contributed by atoms with E-state index >= 15 is 0 Å². The number of halogens is 1. The van der Waals surface area contributed by atoms with Crippen molar-refractivity contribution >= 4 is 11.6 Å². The second-order valence-electron chi connectivity index (χ2n) is 1.89. The Morgan fingerprint density at radius 1 is 1.27 bits per heavy atom. The summed E-state index contributed by atoms with van der Waals surface area (Å²) in [5, 5.41) is 0.544. The van der Waals surface area contributed by atoms with Crippen LogP contribution in [0.1, 0.15) is 25.2 Å². The Hall–Kier alpha value is -0.630. The van der Waals surface area contributed by atoms with Crippen LogP contribution in [0.15, 0.2) is 6.20 Å². The first-order chi connectivity index (χ1) is 5.20. The highest BCUT2D eigenvalue weighted by atomic mass is 35.5. The molecular formula is C8H13ClN2. The molecule has 1 aromatic heterocycles. The summed E-state index contributed by atoms with van der Waals surface area (Å²) in [7, 11) is 0. The zero-order valence-electron chi connectivity index (χ0n) is 7.35. The van der Waals surface area contributed by atoms with E-state index in [-0.39, 0.29) is 0 Å². The number of aryl methyl sites for hydroxylation is 2. The molecule has 0 saturated carbocycles. The molecule has 1 rings (SSSR count). The van der Waals surface area contributed by atoms with E-state index in [1.807, 2.05) is 27.7 Å². The molecular weight excluding hydrogens is 160 g/mol. The zero-order valence-corrected chi connectivity index (χ0v) is 8.11. The van der Waals surface area contributed by atoms with Crippen LogP contribution in [0.2, 0.25) is 5.15 Å². The monoisotopic (exact) mass is 172 g/mol. The fourth-order valence-electron chi connectivity index (χ4n) is 0.503. The molecule has 1 aromatic rings. The van der Waals surface area contributed by atoms with Crippen molar-refractivity contribution in [3.8, 4) is 0 Å². The minimum atomic E-state index is 0.544. The molecule has 0 radical (unpaired) electrons. The van der Waals surface area contributed by atoms with Crippen molar-refractivity contribution in [3.05, 3.63) is 22.7 Å². The van der Waals surface area contributed by atoms with Crippen LogP contribution in [0.5, 0.6) is 0 Å². The first kappa shape index (κ1) is 10.4. The predicted octanol–water partition coefficient (Wildman–Crippen LogP) is 2.77. The van der Waals surface area contributed by atoms with Gasteiger partial charge in [0.25, 0.3) is 0 Å². The standard InChI is InChI=1S/C6H7ClN2.C2H6/c1-4-3-8-5(2)9-6(4)7;1-2/h3H,1-2H3;1-2H3. The maximum Gasteiger partial charge on any atom is 0.135 e. The van der Waals surface area contributed by atoms with Crippen molar-refractivity contribution < 1.29 is 0 Å². The highest BCUT2D eigenvalue weighted by Crippen LogP contribution is 2.08. The lowest BCUT2D eigenvalue weighted by molar-refractivity contribution is 1.03. The molecule has 11 heavy (non-hydrogen) atoms. The fourth-order valence-corrected chi connectivity index (χ4v) is 0.674. The van der Waals surface area contributed by atoms with Gasteiger partial charge in [0.05, 0.1) is 0 Å². The second-order valence-corrected chi connectivity index (χ2v) is 2.25. The topological polar surface area (TPSA) is 25.8 Å². The Morgan fingerprint density at radius 3 is 2.18 bits per heavy atom. The maximum absolute atomic E-state index is 5.66. The molecule has 0 fully saturated rings. The molecule has 0 aliphatic heterocycles. The summed E-state index contributed by atoms with van der Waals surface area (Å²) in [6, 6.07) is 0. The highest BCUT2D eigenvalue weighted by Gasteiger charge is 1.94. The Bertz CT molecular complexity index is 223. The molecule has 3 heteroatoms. The van der Waals surface area contributed by atoms with Gasteiger partial charge in [-0.2, -0.15) is 0 Å². The van der Waals surface area contributed by atoms with Crippen molar-refractivity contribution in [1.82, 2.24) is 9.97 Å². The minimum Gasteiger partial charge on any atom is -0.241 e. The third kappa shape index (κ3) is 3.33. The fraction of sp³-hybridized carbons (Fsp3) is 0.500. The first-order valence-corrected chi connectivity index (χ1v) is 4.03. The molecule has 0 N–H and O–H groups in total. The van der Waals surface area contributed by atoms with Crippen molar-refractivity contribution in [2.24, 2.45) is 0 Å². The summed E-state index contributed by atoms with van der Waals surface area (Å²) in [6.45, 7) is 7.69. The second kappa shape index (κ2) is 5.08. The van der Waals surface area contributed by atoms with Gasteiger partial charge in [0.15, 0.2) is 0 Å². The van der Waals surface area contributed by atoms with Gasteiger partial charge < -0.3 is 0 Å². The van der Waals surface area contributed by atoms with Crippen LogP contribution < -0.4 is 0 Å². The summed E-state index contributed by atoms with van der Waals surface area (Å²) >= 11 is 5.66. The first-order valence-electron chi connectivity index (χ1n) is 3.66. The molecule has 0 atom stereocenters. The van der Waals surface area contributed by atoms with Gasteiger partial charge in [0, 0.05) is 11.8 Å². The van der Waals surface area contributed by atoms with Gasteiger partial charge in [-0.25, -0.2) is 9.97 Å². The van der Waals surface area contributed by atoms with E-state index in [1.54, 1.807) is 6.20 Å². The maximum atomic E-state index is 5.66. The summed E-state index contributed by atoms with van der Waals surface area (Å²) in [5.74, 6) is 0.714. The lowest BCUT2D eigenvalue weighted by Crippen LogP contribution is -1.88. The van der Waals surface area contributed by atoms with Crippen molar-refractivity contribution in [1.29, 1.82) is 0 Å². The Labute approximate surface area is 72.6 Å². The summed E-state index contributed by atoms with van der Waals surface area (Å²) in [6.07, 6.45) is 1.71. The largest absolute Gasteiger partial charge is 0.241 e. The van der Waals surface area contributed by atoms with Gasteiger partial charge in [-0.15, -0.1) is 0 Å². The van der Waals surface area contributed by atoms with Crippen LogP contribution in [0.3, 0.4) is 0 Å². The predicted molar refractivity (Wildman–Crippen MR) is 47.9 cm³/mol. The van der Waals surface area contributed by atoms with Crippen LogP contribution >= 0.6 is 11.6 Å². The molecule has 1 heterocycles. The molecule has 0 aromatic carbocycles. The summed E-state index contributed by atoms with van der Waals surface area (Å²) in [4.78, 5) is 7.87. The summed E-state index contributed by atoms with van der Waals surface area (Å²) in [5.41, 5.74) is 0.919. The zero-order chi connectivity index (χ0) is 8.85. The average molecular weight is 173 g/mol. The van der Waals surface area contributed by atoms with Gasteiger partial charge >= 0.3 is 0 Å². The van der Waals surface area contributed by atoms with Crippen LogP contribution in [0.25, 0.3) is 0 Å². The molecule has 0 saturated heterocycles. The van der Waals surface area contributed by atoms with Crippen molar-refractivity contribution in [3.63, 3.8) is 0 Å². The molecule has 0 spiro atoms. The number of nitrogens with zero attached hydrogens (tertiary/aromatic N) is 2. The Balaban J connectivity index is 0.000000461. The third-order valence-corrected chi connectivity index (χ3v) is 1.41. The highest BCUT2D eigenvalue weighted by molar-refractivity contribution is 6.30. The molecule has 0 unspecified atom stereocenters. The van der Waals surface area contributed by atoms with Crippen molar-refractivity contribution in [2.75, 3.05) is 0 Å². The summed E-state index contributed by atoms with van der Waals surface area (Å²) < 4.78 is 0.